The van der Waals surface area contributed by atoms with E-state index in [0.717, 1.165) is 31.7 Å². The van der Waals surface area contributed by atoms with Crippen molar-refractivity contribution in [2.45, 2.75) is 32.9 Å². The van der Waals surface area contributed by atoms with Crippen molar-refractivity contribution in [2.24, 2.45) is 0 Å². The Bertz CT molecular complexity index is 398. The fraction of sp³-hybridized carbons (Fsp3) is 0.533. The predicted octanol–water partition coefficient (Wildman–Crippen LogP) is 2.81. The van der Waals surface area contributed by atoms with Crippen molar-refractivity contribution in [3.05, 3.63) is 35.4 Å². The molecule has 0 heterocycles. The average molecular weight is 246 g/mol. The molecule has 0 aliphatic carbocycles. The van der Waals surface area contributed by atoms with Crippen molar-refractivity contribution in [2.75, 3.05) is 20.3 Å². The Morgan fingerprint density at radius 2 is 2.22 bits per heavy atom. The summed E-state index contributed by atoms with van der Waals surface area (Å²) in [5.41, 5.74) is 1.91. The van der Waals surface area contributed by atoms with Gasteiger partial charge in [-0.25, -0.2) is 0 Å². The SMILES string of the molecule is CCC(C)N(CCOC)Cc1cccc(C#N)c1. The number of benzene rings is 1. The minimum atomic E-state index is 0.519. The zero-order valence-corrected chi connectivity index (χ0v) is 11.5. The fourth-order valence-electron chi connectivity index (χ4n) is 1.90. The lowest BCUT2D eigenvalue weighted by Crippen LogP contribution is -2.34. The summed E-state index contributed by atoms with van der Waals surface area (Å²) < 4.78 is 5.16. The van der Waals surface area contributed by atoms with Crippen molar-refractivity contribution >= 4 is 0 Å². The Labute approximate surface area is 110 Å². The van der Waals surface area contributed by atoms with Crippen molar-refractivity contribution in [1.82, 2.24) is 4.90 Å². The van der Waals surface area contributed by atoms with E-state index in [4.69, 9.17) is 10.00 Å². The molecular weight excluding hydrogens is 224 g/mol. The second kappa shape index (κ2) is 7.86. The Morgan fingerprint density at radius 3 is 2.83 bits per heavy atom. The number of hydrogen-bond donors (Lipinski definition) is 0. The maximum absolute atomic E-state index is 8.91. The van der Waals surface area contributed by atoms with Gasteiger partial charge in [-0.1, -0.05) is 19.1 Å². The van der Waals surface area contributed by atoms with Crippen LogP contribution in [0.4, 0.5) is 0 Å². The van der Waals surface area contributed by atoms with E-state index < -0.39 is 0 Å². The van der Waals surface area contributed by atoms with E-state index in [9.17, 15) is 0 Å². The Hall–Kier alpha value is -1.37. The molecule has 0 aliphatic heterocycles. The molecule has 1 atom stereocenters. The van der Waals surface area contributed by atoms with Gasteiger partial charge in [0.25, 0.3) is 0 Å². The molecule has 3 heteroatoms. The normalized spacial score (nSPS) is 12.4. The van der Waals surface area contributed by atoms with Gasteiger partial charge in [-0.3, -0.25) is 4.90 Å². The van der Waals surface area contributed by atoms with Gasteiger partial charge in [0.2, 0.25) is 0 Å². The monoisotopic (exact) mass is 246 g/mol. The second-order valence-electron chi connectivity index (χ2n) is 4.53. The molecule has 1 rings (SSSR count). The third kappa shape index (κ3) is 4.48. The maximum atomic E-state index is 8.91. The smallest absolute Gasteiger partial charge is 0.0991 e. The summed E-state index contributed by atoms with van der Waals surface area (Å²) in [5.74, 6) is 0. The largest absolute Gasteiger partial charge is 0.383 e. The van der Waals surface area contributed by atoms with E-state index in [1.165, 1.54) is 5.56 Å². The number of hydrogen-bond acceptors (Lipinski definition) is 3. The number of rotatable bonds is 7. The molecule has 0 bridgehead atoms. The van der Waals surface area contributed by atoms with Crippen molar-refractivity contribution < 1.29 is 4.74 Å². The highest BCUT2D eigenvalue weighted by molar-refractivity contribution is 5.32. The molecule has 1 aromatic carbocycles. The lowest BCUT2D eigenvalue weighted by Gasteiger charge is -2.28. The number of nitriles is 1. The lowest BCUT2D eigenvalue weighted by molar-refractivity contribution is 0.118. The molecule has 1 aromatic rings. The molecule has 0 aromatic heterocycles. The Balaban J connectivity index is 2.72. The first-order valence-corrected chi connectivity index (χ1v) is 6.43. The molecule has 0 fully saturated rings. The highest BCUT2D eigenvalue weighted by atomic mass is 16.5. The number of nitrogens with zero attached hydrogens (tertiary/aromatic N) is 2. The molecule has 0 saturated carbocycles. The summed E-state index contributed by atoms with van der Waals surface area (Å²) in [4.78, 5) is 2.39. The molecule has 0 saturated heterocycles. The topological polar surface area (TPSA) is 36.3 Å². The summed E-state index contributed by atoms with van der Waals surface area (Å²) in [6.45, 7) is 6.94. The number of ether oxygens (including phenoxy) is 1. The molecule has 3 nitrogen and oxygen atoms in total. The average Bonchev–Trinajstić information content (AvgIpc) is 2.42. The maximum Gasteiger partial charge on any atom is 0.0991 e. The zero-order chi connectivity index (χ0) is 13.4. The molecule has 0 aliphatic rings. The van der Waals surface area contributed by atoms with Crippen LogP contribution in [0.3, 0.4) is 0 Å². The third-order valence-electron chi connectivity index (χ3n) is 3.24. The second-order valence-corrected chi connectivity index (χ2v) is 4.53. The third-order valence-corrected chi connectivity index (χ3v) is 3.24. The highest BCUT2D eigenvalue weighted by Crippen LogP contribution is 2.12. The van der Waals surface area contributed by atoms with Gasteiger partial charge in [0.05, 0.1) is 18.2 Å². The van der Waals surface area contributed by atoms with Crippen molar-refractivity contribution in [3.8, 4) is 6.07 Å². The van der Waals surface area contributed by atoms with Gasteiger partial charge < -0.3 is 4.74 Å². The van der Waals surface area contributed by atoms with Crippen LogP contribution in [0.25, 0.3) is 0 Å². The first-order chi connectivity index (χ1) is 8.71. The Morgan fingerprint density at radius 1 is 1.44 bits per heavy atom. The van der Waals surface area contributed by atoms with Gasteiger partial charge >= 0.3 is 0 Å². The van der Waals surface area contributed by atoms with Crippen molar-refractivity contribution in [1.29, 1.82) is 5.26 Å². The van der Waals surface area contributed by atoms with E-state index in [2.05, 4.69) is 30.9 Å². The van der Waals surface area contributed by atoms with Gasteiger partial charge in [0, 0.05) is 26.2 Å². The first kappa shape index (κ1) is 14.7. The molecular formula is C15H22N2O. The minimum absolute atomic E-state index is 0.519. The van der Waals surface area contributed by atoms with Crippen LogP contribution < -0.4 is 0 Å². The van der Waals surface area contributed by atoms with E-state index >= 15 is 0 Å². The van der Waals surface area contributed by atoms with E-state index in [1.807, 2.05) is 18.2 Å². The van der Waals surface area contributed by atoms with Gasteiger partial charge in [0.1, 0.15) is 0 Å². The predicted molar refractivity (Wildman–Crippen MR) is 73.2 cm³/mol. The first-order valence-electron chi connectivity index (χ1n) is 6.43. The summed E-state index contributed by atoms with van der Waals surface area (Å²) in [5, 5.41) is 8.91. The van der Waals surface area contributed by atoms with Crippen LogP contribution in [0.15, 0.2) is 24.3 Å². The van der Waals surface area contributed by atoms with Gasteiger partial charge in [-0.15, -0.1) is 0 Å². The Kier molecular flexibility index (Phi) is 6.42. The van der Waals surface area contributed by atoms with Crippen LogP contribution >= 0.6 is 0 Å². The van der Waals surface area contributed by atoms with Crippen LogP contribution in [-0.2, 0) is 11.3 Å². The summed E-state index contributed by atoms with van der Waals surface area (Å²) in [6, 6.07) is 10.5. The fourth-order valence-corrected chi connectivity index (χ4v) is 1.90. The summed E-state index contributed by atoms with van der Waals surface area (Å²) >= 11 is 0. The van der Waals surface area contributed by atoms with Crippen LogP contribution in [0.2, 0.25) is 0 Å². The molecule has 1 unspecified atom stereocenters. The zero-order valence-electron chi connectivity index (χ0n) is 11.5. The highest BCUT2D eigenvalue weighted by Gasteiger charge is 2.12. The van der Waals surface area contributed by atoms with Crippen molar-refractivity contribution in [3.63, 3.8) is 0 Å². The van der Waals surface area contributed by atoms with E-state index in [1.54, 1.807) is 7.11 Å². The van der Waals surface area contributed by atoms with Crippen LogP contribution in [0, 0.1) is 11.3 Å². The molecule has 0 N–H and O–H groups in total. The molecule has 0 spiro atoms. The van der Waals surface area contributed by atoms with Crippen LogP contribution in [0.1, 0.15) is 31.4 Å². The number of methoxy groups -OCH3 is 1. The molecule has 98 valence electrons. The van der Waals surface area contributed by atoms with Gasteiger partial charge in [-0.2, -0.15) is 5.26 Å². The van der Waals surface area contributed by atoms with Crippen LogP contribution in [0.5, 0.6) is 0 Å². The van der Waals surface area contributed by atoms with E-state index in [-0.39, 0.29) is 0 Å². The molecule has 0 radical (unpaired) electrons. The lowest BCUT2D eigenvalue weighted by atomic mass is 10.1. The van der Waals surface area contributed by atoms with Gasteiger partial charge in [0.15, 0.2) is 0 Å². The van der Waals surface area contributed by atoms with E-state index in [0.29, 0.717) is 6.04 Å². The quantitative estimate of drug-likeness (QED) is 0.742. The van der Waals surface area contributed by atoms with Gasteiger partial charge in [-0.05, 0) is 31.0 Å². The summed E-state index contributed by atoms with van der Waals surface area (Å²) in [7, 11) is 1.73. The molecule has 0 amide bonds. The summed E-state index contributed by atoms with van der Waals surface area (Å²) in [6.07, 6.45) is 1.11. The molecule has 18 heavy (non-hydrogen) atoms. The standard InChI is InChI=1S/C15H22N2O/c1-4-13(2)17(8-9-18-3)12-15-7-5-6-14(10-15)11-16/h5-7,10,13H,4,8-9,12H2,1-3H3. The van der Waals surface area contributed by atoms with Crippen LogP contribution in [-0.4, -0.2) is 31.2 Å². The minimum Gasteiger partial charge on any atom is -0.383 e.